The summed E-state index contributed by atoms with van der Waals surface area (Å²) in [6.45, 7) is 12.9. The molecule has 0 bridgehead atoms. The number of carbonyl (C=O) groups is 1. The lowest BCUT2D eigenvalue weighted by Crippen LogP contribution is -2.40. The second-order valence-corrected chi connectivity index (χ2v) is 7.37. The van der Waals surface area contributed by atoms with Crippen LogP contribution in [0, 0.1) is 17.3 Å². The van der Waals surface area contributed by atoms with Crippen molar-refractivity contribution in [3.63, 3.8) is 0 Å². The lowest BCUT2D eigenvalue weighted by atomic mass is 10.1. The van der Waals surface area contributed by atoms with E-state index in [-0.39, 0.29) is 17.2 Å². The monoisotopic (exact) mass is 302 g/mol. The second kappa shape index (κ2) is 5.21. The molecule has 1 aliphatic heterocycles. The number of amides is 1. The van der Waals surface area contributed by atoms with Crippen LogP contribution in [0.25, 0.3) is 0 Å². The average Bonchev–Trinajstić information content (AvgIpc) is 2.84. The first-order valence-corrected chi connectivity index (χ1v) is 8.21. The standard InChI is InChI=1S/C17H26N4O/c1-6-13-18-19-14-10-20(7-8-21(13)14)16(22)15-12(9-11(2)3)17(15,4)5/h9,12,15H,6-8,10H2,1-5H3. The molecule has 5 heteroatoms. The van der Waals surface area contributed by atoms with Crippen LogP contribution in [0.5, 0.6) is 0 Å². The zero-order valence-electron chi connectivity index (χ0n) is 14.3. The molecule has 120 valence electrons. The van der Waals surface area contributed by atoms with Gasteiger partial charge >= 0.3 is 0 Å². The molecule has 1 aromatic heterocycles. The van der Waals surface area contributed by atoms with E-state index in [0.29, 0.717) is 12.5 Å². The summed E-state index contributed by atoms with van der Waals surface area (Å²) in [6, 6.07) is 0. The summed E-state index contributed by atoms with van der Waals surface area (Å²) in [7, 11) is 0. The lowest BCUT2D eigenvalue weighted by molar-refractivity contribution is -0.135. The number of rotatable bonds is 3. The largest absolute Gasteiger partial charge is 0.333 e. The number of fused-ring (bicyclic) bond motifs is 1. The fraction of sp³-hybridized carbons (Fsp3) is 0.706. The summed E-state index contributed by atoms with van der Waals surface area (Å²) >= 11 is 0. The molecule has 1 saturated carbocycles. The van der Waals surface area contributed by atoms with Gasteiger partial charge in [-0.05, 0) is 25.2 Å². The quantitative estimate of drug-likeness (QED) is 0.806. The minimum absolute atomic E-state index is 0.0774. The number of aryl methyl sites for hydroxylation is 1. The number of nitrogens with zero attached hydrogens (tertiary/aromatic N) is 4. The molecule has 5 nitrogen and oxygen atoms in total. The van der Waals surface area contributed by atoms with E-state index >= 15 is 0 Å². The zero-order valence-corrected chi connectivity index (χ0v) is 14.3. The maximum Gasteiger partial charge on any atom is 0.227 e. The Bertz CT molecular complexity index is 625. The number of hydrogen-bond donors (Lipinski definition) is 0. The van der Waals surface area contributed by atoms with Crippen LogP contribution in [-0.2, 0) is 24.3 Å². The van der Waals surface area contributed by atoms with Crippen LogP contribution in [-0.4, -0.2) is 32.1 Å². The smallest absolute Gasteiger partial charge is 0.227 e. The highest BCUT2D eigenvalue weighted by atomic mass is 16.2. The van der Waals surface area contributed by atoms with Crippen LogP contribution in [0.4, 0.5) is 0 Å². The van der Waals surface area contributed by atoms with Crippen LogP contribution in [0.15, 0.2) is 11.6 Å². The molecule has 1 fully saturated rings. The highest BCUT2D eigenvalue weighted by molar-refractivity contribution is 5.83. The Morgan fingerprint density at radius 1 is 1.32 bits per heavy atom. The summed E-state index contributed by atoms with van der Waals surface area (Å²) in [5.74, 6) is 2.71. The normalized spacial score (nSPS) is 25.6. The number of carbonyl (C=O) groups excluding carboxylic acids is 1. The van der Waals surface area contributed by atoms with Crippen molar-refractivity contribution in [1.82, 2.24) is 19.7 Å². The van der Waals surface area contributed by atoms with Crippen LogP contribution in [0.3, 0.4) is 0 Å². The highest BCUT2D eigenvalue weighted by Crippen LogP contribution is 2.60. The van der Waals surface area contributed by atoms with Crippen LogP contribution in [0.2, 0.25) is 0 Å². The Balaban J connectivity index is 1.74. The minimum Gasteiger partial charge on any atom is -0.333 e. The van der Waals surface area contributed by atoms with Crippen molar-refractivity contribution >= 4 is 5.91 Å². The first-order chi connectivity index (χ1) is 10.4. The van der Waals surface area contributed by atoms with E-state index in [2.05, 4.69) is 55.5 Å². The van der Waals surface area contributed by atoms with Crippen molar-refractivity contribution < 1.29 is 4.79 Å². The summed E-state index contributed by atoms with van der Waals surface area (Å²) < 4.78 is 2.16. The molecule has 0 saturated heterocycles. The molecule has 0 radical (unpaired) electrons. The molecule has 0 N–H and O–H groups in total. The molecule has 2 aliphatic rings. The van der Waals surface area contributed by atoms with Crippen molar-refractivity contribution in [2.45, 2.75) is 54.1 Å². The molecule has 3 rings (SSSR count). The molecule has 0 spiro atoms. The van der Waals surface area contributed by atoms with Gasteiger partial charge in [-0.15, -0.1) is 10.2 Å². The summed E-state index contributed by atoms with van der Waals surface area (Å²) in [6.07, 6.45) is 3.14. The van der Waals surface area contributed by atoms with E-state index in [0.717, 1.165) is 31.2 Å². The third-order valence-corrected chi connectivity index (χ3v) is 5.15. The molecule has 1 amide bonds. The Morgan fingerprint density at radius 2 is 2.05 bits per heavy atom. The number of allylic oxidation sites excluding steroid dienone is 2. The van der Waals surface area contributed by atoms with Gasteiger partial charge in [0.05, 0.1) is 12.5 Å². The highest BCUT2D eigenvalue weighted by Gasteiger charge is 2.61. The van der Waals surface area contributed by atoms with Gasteiger partial charge in [0.25, 0.3) is 0 Å². The maximum atomic E-state index is 12.9. The number of aromatic nitrogens is 3. The second-order valence-electron chi connectivity index (χ2n) is 7.37. The Labute approximate surface area is 132 Å². The van der Waals surface area contributed by atoms with Crippen molar-refractivity contribution in [3.8, 4) is 0 Å². The van der Waals surface area contributed by atoms with E-state index < -0.39 is 0 Å². The SMILES string of the molecule is CCc1nnc2n1CCN(C(=O)C1C(C=C(C)C)C1(C)C)C2. The van der Waals surface area contributed by atoms with Gasteiger partial charge in [-0.25, -0.2) is 0 Å². The Morgan fingerprint density at radius 3 is 2.68 bits per heavy atom. The minimum atomic E-state index is 0.0774. The summed E-state index contributed by atoms with van der Waals surface area (Å²) in [5.41, 5.74) is 1.37. The molecule has 2 heterocycles. The predicted octanol–water partition coefficient (Wildman–Crippen LogP) is 2.42. The van der Waals surface area contributed by atoms with Gasteiger partial charge in [0.1, 0.15) is 5.82 Å². The van der Waals surface area contributed by atoms with Crippen LogP contribution in [0.1, 0.15) is 46.3 Å². The van der Waals surface area contributed by atoms with Crippen molar-refractivity contribution in [2.75, 3.05) is 6.54 Å². The molecule has 1 aliphatic carbocycles. The van der Waals surface area contributed by atoms with Gasteiger partial charge in [0, 0.05) is 19.5 Å². The zero-order chi connectivity index (χ0) is 16.1. The molecular formula is C17H26N4O. The first-order valence-electron chi connectivity index (χ1n) is 8.21. The molecular weight excluding hydrogens is 276 g/mol. The third-order valence-electron chi connectivity index (χ3n) is 5.15. The fourth-order valence-electron chi connectivity index (χ4n) is 3.68. The molecule has 2 unspecified atom stereocenters. The van der Waals surface area contributed by atoms with Crippen LogP contribution >= 0.6 is 0 Å². The summed E-state index contributed by atoms with van der Waals surface area (Å²) in [5, 5.41) is 8.47. The van der Waals surface area contributed by atoms with Gasteiger partial charge in [-0.2, -0.15) is 0 Å². The van der Waals surface area contributed by atoms with E-state index in [1.807, 2.05) is 4.90 Å². The van der Waals surface area contributed by atoms with Crippen LogP contribution < -0.4 is 0 Å². The van der Waals surface area contributed by atoms with E-state index in [1.54, 1.807) is 0 Å². The maximum absolute atomic E-state index is 12.9. The number of hydrogen-bond acceptors (Lipinski definition) is 3. The van der Waals surface area contributed by atoms with Crippen molar-refractivity contribution in [1.29, 1.82) is 0 Å². The first kappa shape index (κ1) is 15.3. The fourth-order valence-corrected chi connectivity index (χ4v) is 3.68. The molecule has 22 heavy (non-hydrogen) atoms. The lowest BCUT2D eigenvalue weighted by Gasteiger charge is -2.28. The van der Waals surface area contributed by atoms with Gasteiger partial charge in [-0.3, -0.25) is 4.79 Å². The molecule has 2 atom stereocenters. The van der Waals surface area contributed by atoms with Gasteiger partial charge in [0.15, 0.2) is 5.82 Å². The van der Waals surface area contributed by atoms with E-state index in [1.165, 1.54) is 5.57 Å². The van der Waals surface area contributed by atoms with E-state index in [4.69, 9.17) is 0 Å². The van der Waals surface area contributed by atoms with Gasteiger partial charge in [0.2, 0.25) is 5.91 Å². The molecule has 0 aromatic carbocycles. The Kier molecular flexibility index (Phi) is 3.62. The topological polar surface area (TPSA) is 51.0 Å². The Hall–Kier alpha value is -1.65. The average molecular weight is 302 g/mol. The molecule has 1 aromatic rings. The van der Waals surface area contributed by atoms with E-state index in [9.17, 15) is 4.79 Å². The van der Waals surface area contributed by atoms with Crippen molar-refractivity contribution in [2.24, 2.45) is 17.3 Å². The third kappa shape index (κ3) is 2.36. The summed E-state index contributed by atoms with van der Waals surface area (Å²) in [4.78, 5) is 14.9. The van der Waals surface area contributed by atoms with Gasteiger partial charge in [-0.1, -0.05) is 32.4 Å². The predicted molar refractivity (Wildman–Crippen MR) is 85.0 cm³/mol. The van der Waals surface area contributed by atoms with Crippen molar-refractivity contribution in [3.05, 3.63) is 23.3 Å². The van der Waals surface area contributed by atoms with Gasteiger partial charge < -0.3 is 9.47 Å².